The standard InChI is InChI=1S/C17H30N2S/c1-6-19(7-2)10-11-20-17-9-8-16(15(5)12-17)13-18-14(3)4/h8-9,12,14,18H,6-7,10-11,13H2,1-5H3. The van der Waals surface area contributed by atoms with Crippen molar-refractivity contribution in [2.45, 2.75) is 52.1 Å². The van der Waals surface area contributed by atoms with E-state index in [1.807, 2.05) is 11.8 Å². The van der Waals surface area contributed by atoms with Crippen LogP contribution in [-0.4, -0.2) is 36.3 Å². The van der Waals surface area contributed by atoms with E-state index in [0.29, 0.717) is 6.04 Å². The molecule has 114 valence electrons. The quantitative estimate of drug-likeness (QED) is 0.695. The molecule has 3 heteroatoms. The van der Waals surface area contributed by atoms with Gasteiger partial charge in [0.1, 0.15) is 0 Å². The van der Waals surface area contributed by atoms with Gasteiger partial charge in [0.05, 0.1) is 0 Å². The molecule has 0 radical (unpaired) electrons. The summed E-state index contributed by atoms with van der Waals surface area (Å²) in [6.07, 6.45) is 0. The summed E-state index contributed by atoms with van der Waals surface area (Å²) in [4.78, 5) is 3.86. The normalized spacial score (nSPS) is 11.6. The van der Waals surface area contributed by atoms with Crippen molar-refractivity contribution in [2.75, 3.05) is 25.4 Å². The van der Waals surface area contributed by atoms with Crippen LogP contribution in [0.3, 0.4) is 0 Å². The first-order chi connectivity index (χ1) is 9.56. The Labute approximate surface area is 129 Å². The highest BCUT2D eigenvalue weighted by molar-refractivity contribution is 7.99. The van der Waals surface area contributed by atoms with Gasteiger partial charge in [0.15, 0.2) is 0 Å². The highest BCUT2D eigenvalue weighted by Crippen LogP contribution is 2.21. The number of thioether (sulfide) groups is 1. The summed E-state index contributed by atoms with van der Waals surface area (Å²) >= 11 is 1.96. The van der Waals surface area contributed by atoms with Crippen molar-refractivity contribution >= 4 is 11.8 Å². The topological polar surface area (TPSA) is 15.3 Å². The van der Waals surface area contributed by atoms with Gasteiger partial charge in [0.25, 0.3) is 0 Å². The van der Waals surface area contributed by atoms with Crippen LogP contribution in [0, 0.1) is 6.92 Å². The van der Waals surface area contributed by atoms with Crippen LogP contribution in [0.15, 0.2) is 23.1 Å². The molecule has 0 aromatic heterocycles. The van der Waals surface area contributed by atoms with Crippen LogP contribution in [0.4, 0.5) is 0 Å². The van der Waals surface area contributed by atoms with Gasteiger partial charge in [0.2, 0.25) is 0 Å². The summed E-state index contributed by atoms with van der Waals surface area (Å²) in [6, 6.07) is 7.39. The van der Waals surface area contributed by atoms with E-state index in [9.17, 15) is 0 Å². The lowest BCUT2D eigenvalue weighted by Gasteiger charge is -2.17. The van der Waals surface area contributed by atoms with E-state index in [1.165, 1.54) is 28.3 Å². The van der Waals surface area contributed by atoms with E-state index in [0.717, 1.165) is 19.6 Å². The maximum atomic E-state index is 3.48. The molecule has 1 N–H and O–H groups in total. The molecule has 0 aliphatic carbocycles. The van der Waals surface area contributed by atoms with Crippen LogP contribution in [-0.2, 0) is 6.54 Å². The van der Waals surface area contributed by atoms with E-state index in [1.54, 1.807) is 0 Å². The fraction of sp³-hybridized carbons (Fsp3) is 0.647. The second-order valence-electron chi connectivity index (χ2n) is 5.50. The van der Waals surface area contributed by atoms with E-state index < -0.39 is 0 Å². The van der Waals surface area contributed by atoms with Crippen molar-refractivity contribution in [2.24, 2.45) is 0 Å². The number of hydrogen-bond donors (Lipinski definition) is 1. The molecule has 0 aliphatic rings. The van der Waals surface area contributed by atoms with Crippen LogP contribution >= 0.6 is 11.8 Å². The highest BCUT2D eigenvalue weighted by atomic mass is 32.2. The van der Waals surface area contributed by atoms with Crippen LogP contribution in [0.5, 0.6) is 0 Å². The van der Waals surface area contributed by atoms with Crippen molar-refractivity contribution in [1.82, 2.24) is 10.2 Å². The number of benzene rings is 1. The van der Waals surface area contributed by atoms with Crippen LogP contribution in [0.25, 0.3) is 0 Å². The molecule has 0 spiro atoms. The van der Waals surface area contributed by atoms with Crippen molar-refractivity contribution in [3.8, 4) is 0 Å². The fourth-order valence-corrected chi connectivity index (χ4v) is 3.11. The third-order valence-corrected chi connectivity index (χ3v) is 4.56. The predicted molar refractivity (Wildman–Crippen MR) is 91.7 cm³/mol. The van der Waals surface area contributed by atoms with Gasteiger partial charge in [-0.15, -0.1) is 11.8 Å². The van der Waals surface area contributed by atoms with Gasteiger partial charge in [-0.3, -0.25) is 0 Å². The molecule has 2 nitrogen and oxygen atoms in total. The van der Waals surface area contributed by atoms with E-state index in [4.69, 9.17) is 0 Å². The summed E-state index contributed by atoms with van der Waals surface area (Å²) in [5.74, 6) is 1.17. The molecule has 0 bridgehead atoms. The smallest absolute Gasteiger partial charge is 0.0210 e. The van der Waals surface area contributed by atoms with Gasteiger partial charge in [-0.05, 0) is 43.3 Å². The number of hydrogen-bond acceptors (Lipinski definition) is 3. The molecule has 20 heavy (non-hydrogen) atoms. The lowest BCUT2D eigenvalue weighted by molar-refractivity contribution is 0.324. The Kier molecular flexibility index (Phi) is 8.27. The lowest BCUT2D eigenvalue weighted by Crippen LogP contribution is -2.25. The molecule has 1 aromatic rings. The highest BCUT2D eigenvalue weighted by Gasteiger charge is 2.03. The van der Waals surface area contributed by atoms with Gasteiger partial charge in [-0.1, -0.05) is 33.8 Å². The summed E-state index contributed by atoms with van der Waals surface area (Å²) in [5.41, 5.74) is 2.80. The van der Waals surface area contributed by atoms with Gasteiger partial charge in [0, 0.05) is 29.8 Å². The van der Waals surface area contributed by atoms with Crippen molar-refractivity contribution in [3.05, 3.63) is 29.3 Å². The third-order valence-electron chi connectivity index (χ3n) is 3.59. The summed E-state index contributed by atoms with van der Waals surface area (Å²) in [5, 5.41) is 3.48. The molecule has 0 aliphatic heterocycles. The number of aryl methyl sites for hydroxylation is 1. The Hall–Kier alpha value is -0.510. The number of nitrogens with one attached hydrogen (secondary N) is 1. The molecular weight excluding hydrogens is 264 g/mol. The Morgan fingerprint density at radius 2 is 1.90 bits per heavy atom. The van der Waals surface area contributed by atoms with Crippen molar-refractivity contribution in [1.29, 1.82) is 0 Å². The minimum absolute atomic E-state index is 0.539. The van der Waals surface area contributed by atoms with Gasteiger partial charge in [-0.25, -0.2) is 0 Å². The maximum absolute atomic E-state index is 3.48. The van der Waals surface area contributed by atoms with Crippen molar-refractivity contribution < 1.29 is 0 Å². The largest absolute Gasteiger partial charge is 0.310 e. The molecule has 1 aromatic carbocycles. The Balaban J connectivity index is 2.46. The average molecular weight is 295 g/mol. The van der Waals surface area contributed by atoms with Crippen LogP contribution in [0.1, 0.15) is 38.8 Å². The molecule has 0 amide bonds. The monoisotopic (exact) mass is 294 g/mol. The average Bonchev–Trinajstić information content (AvgIpc) is 2.42. The zero-order chi connectivity index (χ0) is 15.0. The first-order valence-corrected chi connectivity index (χ1v) is 8.73. The van der Waals surface area contributed by atoms with Gasteiger partial charge in [-0.2, -0.15) is 0 Å². The molecule has 1 rings (SSSR count). The third kappa shape index (κ3) is 6.29. The minimum Gasteiger partial charge on any atom is -0.310 e. The van der Waals surface area contributed by atoms with Gasteiger partial charge >= 0.3 is 0 Å². The second kappa shape index (κ2) is 9.43. The Bertz CT molecular complexity index is 387. The minimum atomic E-state index is 0.539. The van der Waals surface area contributed by atoms with Crippen molar-refractivity contribution in [3.63, 3.8) is 0 Å². The van der Waals surface area contributed by atoms with E-state index >= 15 is 0 Å². The molecular formula is C17H30N2S. The Morgan fingerprint density at radius 3 is 2.45 bits per heavy atom. The maximum Gasteiger partial charge on any atom is 0.0210 e. The first-order valence-electron chi connectivity index (χ1n) is 7.74. The number of nitrogens with zero attached hydrogens (tertiary/aromatic N) is 1. The predicted octanol–water partition coefficient (Wildman–Crippen LogP) is 3.93. The van der Waals surface area contributed by atoms with Crippen LogP contribution in [0.2, 0.25) is 0 Å². The molecule has 0 atom stereocenters. The Morgan fingerprint density at radius 1 is 1.20 bits per heavy atom. The van der Waals surface area contributed by atoms with E-state index in [-0.39, 0.29) is 0 Å². The summed E-state index contributed by atoms with van der Waals surface area (Å²) in [7, 11) is 0. The fourth-order valence-electron chi connectivity index (χ4n) is 2.10. The molecule has 0 unspecified atom stereocenters. The summed E-state index contributed by atoms with van der Waals surface area (Å²) in [6.45, 7) is 15.5. The lowest BCUT2D eigenvalue weighted by atomic mass is 10.1. The zero-order valence-corrected chi connectivity index (χ0v) is 14.5. The van der Waals surface area contributed by atoms with Crippen LogP contribution < -0.4 is 5.32 Å². The van der Waals surface area contributed by atoms with E-state index in [2.05, 4.69) is 63.0 Å². The van der Waals surface area contributed by atoms with Gasteiger partial charge < -0.3 is 10.2 Å². The number of rotatable bonds is 9. The molecule has 0 saturated carbocycles. The summed E-state index contributed by atoms with van der Waals surface area (Å²) < 4.78 is 0. The molecule has 0 saturated heterocycles. The molecule has 0 fully saturated rings. The second-order valence-corrected chi connectivity index (χ2v) is 6.67. The molecule has 0 heterocycles. The zero-order valence-electron chi connectivity index (χ0n) is 13.7. The SMILES string of the molecule is CCN(CC)CCSc1ccc(CNC(C)C)c(C)c1. The first kappa shape index (κ1) is 17.5.